The summed E-state index contributed by atoms with van der Waals surface area (Å²) in [5.74, 6) is 1.44. The van der Waals surface area contributed by atoms with E-state index >= 15 is 0 Å². The minimum Gasteiger partial charge on any atom is -0.738 e. The molecule has 0 amide bonds. The molecule has 0 unspecified atom stereocenters. The van der Waals surface area contributed by atoms with Crippen LogP contribution in [0.15, 0.2) is 29.4 Å². The molecular weight excluding hydrogens is 198 g/mol. The van der Waals surface area contributed by atoms with Crippen LogP contribution in [-0.4, -0.2) is 22.3 Å². The fourth-order valence-corrected chi connectivity index (χ4v) is 1.28. The Balaban J connectivity index is 2.41. The van der Waals surface area contributed by atoms with E-state index in [-0.39, 0.29) is 0 Å². The lowest BCUT2D eigenvalue weighted by Crippen LogP contribution is -1.85. The predicted molar refractivity (Wildman–Crippen MR) is 54.0 cm³/mol. The van der Waals surface area contributed by atoms with Crippen molar-refractivity contribution in [3.05, 3.63) is 24.3 Å². The first-order valence-corrected chi connectivity index (χ1v) is 4.44. The molecule has 1 heterocycles. The predicted octanol–water partition coefficient (Wildman–Crippen LogP) is 1.39. The molecule has 1 aromatic carbocycles. The standard InChI is InChI=1S/C9H9N3OS/c1-13-7-4-2-3-6(5-7)8-10-9(14)12-11-8/h2-5H,1H3,(H2,10,11,12,14)/p-1. The lowest BCUT2D eigenvalue weighted by atomic mass is 10.2. The molecule has 1 N–H and O–H groups in total. The average Bonchev–Trinajstić information content (AvgIpc) is 2.65. The molecule has 14 heavy (non-hydrogen) atoms. The number of aromatic amines is 1. The minimum atomic E-state index is 0.322. The van der Waals surface area contributed by atoms with Gasteiger partial charge in [-0.1, -0.05) is 12.1 Å². The maximum absolute atomic E-state index is 5.10. The van der Waals surface area contributed by atoms with Gasteiger partial charge in [0, 0.05) is 10.7 Å². The summed E-state index contributed by atoms with van der Waals surface area (Å²) >= 11 is 4.81. The summed E-state index contributed by atoms with van der Waals surface area (Å²) in [6.07, 6.45) is 0. The number of aromatic nitrogens is 3. The van der Waals surface area contributed by atoms with E-state index in [9.17, 15) is 0 Å². The van der Waals surface area contributed by atoms with Crippen LogP contribution < -0.4 is 4.74 Å². The number of nitrogens with one attached hydrogen (secondary N) is 1. The maximum atomic E-state index is 5.10. The van der Waals surface area contributed by atoms with Crippen molar-refractivity contribution in [2.75, 3.05) is 7.11 Å². The Morgan fingerprint density at radius 2 is 2.29 bits per heavy atom. The molecule has 0 saturated heterocycles. The highest BCUT2D eigenvalue weighted by Gasteiger charge is 2.01. The fraction of sp³-hybridized carbons (Fsp3) is 0.111. The first-order chi connectivity index (χ1) is 6.79. The second kappa shape index (κ2) is 3.63. The molecule has 5 heteroatoms. The number of rotatable bonds is 2. The van der Waals surface area contributed by atoms with Crippen molar-refractivity contribution in [3.63, 3.8) is 0 Å². The molecule has 0 bridgehead atoms. The van der Waals surface area contributed by atoms with Crippen LogP contribution in [-0.2, 0) is 12.6 Å². The van der Waals surface area contributed by atoms with Crippen LogP contribution in [0.25, 0.3) is 11.4 Å². The summed E-state index contributed by atoms with van der Waals surface area (Å²) in [4.78, 5) is 4.05. The Morgan fingerprint density at radius 1 is 1.43 bits per heavy atom. The van der Waals surface area contributed by atoms with Gasteiger partial charge >= 0.3 is 0 Å². The highest BCUT2D eigenvalue weighted by atomic mass is 32.1. The number of H-pyrrole nitrogens is 1. The van der Waals surface area contributed by atoms with Gasteiger partial charge in [-0.2, -0.15) is 5.10 Å². The Labute approximate surface area is 86.7 Å². The zero-order valence-corrected chi connectivity index (χ0v) is 8.34. The monoisotopic (exact) mass is 206 g/mol. The third-order valence-corrected chi connectivity index (χ3v) is 1.99. The van der Waals surface area contributed by atoms with Gasteiger partial charge < -0.3 is 17.4 Å². The molecule has 0 atom stereocenters. The first kappa shape index (κ1) is 8.96. The average molecular weight is 206 g/mol. The van der Waals surface area contributed by atoms with Gasteiger partial charge in [-0.15, -0.1) is 0 Å². The third-order valence-electron chi connectivity index (χ3n) is 1.81. The molecular formula is C9H8N3OS-. The number of benzene rings is 1. The van der Waals surface area contributed by atoms with E-state index < -0.39 is 0 Å². The Kier molecular flexibility index (Phi) is 2.32. The van der Waals surface area contributed by atoms with Crippen molar-refractivity contribution in [1.82, 2.24) is 15.2 Å². The van der Waals surface area contributed by atoms with Gasteiger partial charge in [0.05, 0.1) is 7.11 Å². The van der Waals surface area contributed by atoms with Crippen LogP contribution >= 0.6 is 0 Å². The van der Waals surface area contributed by atoms with Gasteiger partial charge in [0.15, 0.2) is 5.82 Å². The molecule has 0 saturated carbocycles. The molecule has 0 aliphatic rings. The highest BCUT2D eigenvalue weighted by Crippen LogP contribution is 2.20. The van der Waals surface area contributed by atoms with Crippen LogP contribution in [0.4, 0.5) is 0 Å². The summed E-state index contributed by atoms with van der Waals surface area (Å²) in [7, 11) is 1.62. The number of nitrogens with zero attached hydrogens (tertiary/aromatic N) is 2. The van der Waals surface area contributed by atoms with Gasteiger partial charge in [-0.05, 0) is 12.1 Å². The molecule has 0 radical (unpaired) electrons. The van der Waals surface area contributed by atoms with Crippen molar-refractivity contribution in [1.29, 1.82) is 0 Å². The molecule has 0 aliphatic heterocycles. The number of methoxy groups -OCH3 is 1. The van der Waals surface area contributed by atoms with Crippen molar-refractivity contribution < 1.29 is 4.74 Å². The first-order valence-electron chi connectivity index (χ1n) is 4.03. The summed E-state index contributed by atoms with van der Waals surface area (Å²) in [6, 6.07) is 7.54. The fourth-order valence-electron chi connectivity index (χ4n) is 1.15. The van der Waals surface area contributed by atoms with E-state index in [1.54, 1.807) is 7.11 Å². The summed E-state index contributed by atoms with van der Waals surface area (Å²) in [6.45, 7) is 0. The van der Waals surface area contributed by atoms with E-state index in [1.807, 2.05) is 24.3 Å². The Bertz CT molecular complexity index is 441. The van der Waals surface area contributed by atoms with E-state index in [0.717, 1.165) is 11.3 Å². The van der Waals surface area contributed by atoms with E-state index in [0.29, 0.717) is 11.0 Å². The molecule has 0 fully saturated rings. The summed E-state index contributed by atoms with van der Waals surface area (Å²) in [5.41, 5.74) is 0.910. The topological polar surface area (TPSA) is 50.8 Å². The van der Waals surface area contributed by atoms with Gasteiger partial charge in [-0.3, -0.25) is 5.10 Å². The van der Waals surface area contributed by atoms with Crippen LogP contribution in [0.1, 0.15) is 0 Å². The van der Waals surface area contributed by atoms with Crippen molar-refractivity contribution in [2.45, 2.75) is 5.16 Å². The number of hydrogen-bond donors (Lipinski definition) is 1. The highest BCUT2D eigenvalue weighted by molar-refractivity contribution is 7.58. The number of hydrogen-bond acceptors (Lipinski definition) is 4. The molecule has 0 aliphatic carbocycles. The molecule has 4 nitrogen and oxygen atoms in total. The van der Waals surface area contributed by atoms with Gasteiger partial charge in [-0.25, -0.2) is 4.98 Å². The Morgan fingerprint density at radius 3 is 2.93 bits per heavy atom. The largest absolute Gasteiger partial charge is 0.738 e. The Hall–Kier alpha value is -1.62. The zero-order valence-electron chi connectivity index (χ0n) is 7.52. The van der Waals surface area contributed by atoms with E-state index in [1.165, 1.54) is 0 Å². The van der Waals surface area contributed by atoms with E-state index in [2.05, 4.69) is 15.2 Å². The summed E-state index contributed by atoms with van der Waals surface area (Å²) in [5, 5.41) is 6.86. The van der Waals surface area contributed by atoms with Crippen LogP contribution in [0.2, 0.25) is 0 Å². The molecule has 72 valence electrons. The van der Waals surface area contributed by atoms with Crippen molar-refractivity contribution in [3.8, 4) is 17.1 Å². The van der Waals surface area contributed by atoms with Gasteiger partial charge in [0.25, 0.3) is 0 Å². The molecule has 2 aromatic rings. The van der Waals surface area contributed by atoms with Crippen molar-refractivity contribution >= 4 is 12.6 Å². The van der Waals surface area contributed by atoms with E-state index in [4.69, 9.17) is 17.4 Å². The zero-order chi connectivity index (χ0) is 9.97. The van der Waals surface area contributed by atoms with Gasteiger partial charge in [0.2, 0.25) is 0 Å². The minimum absolute atomic E-state index is 0.322. The maximum Gasteiger partial charge on any atom is 0.153 e. The normalized spacial score (nSPS) is 10.1. The lowest BCUT2D eigenvalue weighted by molar-refractivity contribution is 0.415. The molecule has 2 rings (SSSR count). The van der Waals surface area contributed by atoms with Crippen LogP contribution in [0, 0.1) is 0 Å². The molecule has 1 aromatic heterocycles. The quantitative estimate of drug-likeness (QED) is 0.754. The lowest BCUT2D eigenvalue weighted by Gasteiger charge is -2.00. The van der Waals surface area contributed by atoms with Crippen LogP contribution in [0.5, 0.6) is 5.75 Å². The smallest absolute Gasteiger partial charge is 0.153 e. The second-order valence-electron chi connectivity index (χ2n) is 2.70. The summed E-state index contributed by atoms with van der Waals surface area (Å²) < 4.78 is 5.10. The SMILES string of the molecule is COc1cccc(-c2nc([S-])n[nH]2)c1. The van der Waals surface area contributed by atoms with Crippen LogP contribution in [0.3, 0.4) is 0 Å². The molecule has 0 spiro atoms. The number of ether oxygens (including phenoxy) is 1. The second-order valence-corrected chi connectivity index (χ2v) is 3.06. The van der Waals surface area contributed by atoms with Crippen molar-refractivity contribution in [2.24, 2.45) is 0 Å². The van der Waals surface area contributed by atoms with Gasteiger partial charge in [0.1, 0.15) is 5.75 Å². The third kappa shape index (κ3) is 1.67.